The molecule has 5 heteroatoms. The molecule has 0 bridgehead atoms. The van der Waals surface area contributed by atoms with Crippen molar-refractivity contribution in [2.75, 3.05) is 20.1 Å². The molecular formula is C16H20N4O. The summed E-state index contributed by atoms with van der Waals surface area (Å²) < 4.78 is 1.78. The lowest BCUT2D eigenvalue weighted by molar-refractivity contribution is 0.0707. The van der Waals surface area contributed by atoms with Crippen LogP contribution in [0.15, 0.2) is 42.7 Å². The zero-order valence-electron chi connectivity index (χ0n) is 12.2. The Kier molecular flexibility index (Phi) is 4.01. The van der Waals surface area contributed by atoms with Gasteiger partial charge in [0, 0.05) is 37.1 Å². The molecule has 0 spiro atoms. The van der Waals surface area contributed by atoms with Crippen molar-refractivity contribution in [1.82, 2.24) is 20.0 Å². The number of hydrogen-bond donors (Lipinski definition) is 1. The number of amides is 1. The first-order chi connectivity index (χ1) is 10.3. The molecule has 0 radical (unpaired) electrons. The standard InChI is InChI=1S/C16H20N4O/c1-17-14-7-11-19(12-8-14)16(21)13-3-5-15(6-4-13)20-10-2-9-18-20/h2-6,9-10,14,17H,7-8,11-12H2,1H3. The van der Waals surface area contributed by atoms with Crippen LogP contribution in [0, 0.1) is 0 Å². The Hall–Kier alpha value is -2.14. The molecule has 5 nitrogen and oxygen atoms in total. The molecule has 1 N–H and O–H groups in total. The van der Waals surface area contributed by atoms with Gasteiger partial charge in [-0.2, -0.15) is 5.10 Å². The van der Waals surface area contributed by atoms with E-state index in [4.69, 9.17) is 0 Å². The quantitative estimate of drug-likeness (QED) is 0.933. The van der Waals surface area contributed by atoms with Crippen molar-refractivity contribution in [2.24, 2.45) is 0 Å². The average molecular weight is 284 g/mol. The molecule has 1 aliphatic heterocycles. The van der Waals surface area contributed by atoms with Gasteiger partial charge in [0.15, 0.2) is 0 Å². The van der Waals surface area contributed by atoms with Gasteiger partial charge in [0.1, 0.15) is 0 Å². The number of nitrogens with zero attached hydrogens (tertiary/aromatic N) is 3. The number of nitrogens with one attached hydrogen (secondary N) is 1. The first-order valence-corrected chi connectivity index (χ1v) is 7.34. The van der Waals surface area contributed by atoms with E-state index in [9.17, 15) is 4.79 Å². The van der Waals surface area contributed by atoms with E-state index in [0.29, 0.717) is 6.04 Å². The lowest BCUT2D eigenvalue weighted by Crippen LogP contribution is -2.43. The molecule has 0 atom stereocenters. The molecule has 2 aromatic rings. The first kappa shape index (κ1) is 13.8. The summed E-state index contributed by atoms with van der Waals surface area (Å²) in [6.07, 6.45) is 5.67. The molecule has 1 aromatic heterocycles. The van der Waals surface area contributed by atoms with Crippen molar-refractivity contribution in [3.63, 3.8) is 0 Å². The molecule has 110 valence electrons. The van der Waals surface area contributed by atoms with Crippen LogP contribution in [0.4, 0.5) is 0 Å². The molecular weight excluding hydrogens is 264 g/mol. The zero-order valence-corrected chi connectivity index (χ0v) is 12.2. The molecule has 3 rings (SSSR count). The van der Waals surface area contributed by atoms with Crippen LogP contribution >= 0.6 is 0 Å². The number of benzene rings is 1. The summed E-state index contributed by atoms with van der Waals surface area (Å²) >= 11 is 0. The Bertz CT molecular complexity index is 583. The zero-order chi connectivity index (χ0) is 14.7. The summed E-state index contributed by atoms with van der Waals surface area (Å²) in [4.78, 5) is 14.4. The lowest BCUT2D eigenvalue weighted by atomic mass is 10.0. The molecule has 1 aromatic carbocycles. The molecule has 21 heavy (non-hydrogen) atoms. The number of aromatic nitrogens is 2. The molecule has 2 heterocycles. The second kappa shape index (κ2) is 6.10. The van der Waals surface area contributed by atoms with Gasteiger partial charge in [-0.25, -0.2) is 4.68 Å². The van der Waals surface area contributed by atoms with E-state index in [-0.39, 0.29) is 5.91 Å². The van der Waals surface area contributed by atoms with Crippen molar-refractivity contribution in [3.8, 4) is 5.69 Å². The molecule has 1 aliphatic rings. The number of carbonyl (C=O) groups is 1. The minimum Gasteiger partial charge on any atom is -0.339 e. The van der Waals surface area contributed by atoms with Crippen LogP contribution in [0.5, 0.6) is 0 Å². The van der Waals surface area contributed by atoms with Crippen LogP contribution < -0.4 is 5.32 Å². The molecule has 0 unspecified atom stereocenters. The third kappa shape index (κ3) is 2.97. The van der Waals surface area contributed by atoms with Crippen LogP contribution in [0.2, 0.25) is 0 Å². The molecule has 1 fully saturated rings. The monoisotopic (exact) mass is 284 g/mol. The Labute approximate surface area is 124 Å². The van der Waals surface area contributed by atoms with Gasteiger partial charge < -0.3 is 10.2 Å². The highest BCUT2D eigenvalue weighted by molar-refractivity contribution is 5.94. The predicted molar refractivity (Wildman–Crippen MR) is 81.5 cm³/mol. The van der Waals surface area contributed by atoms with E-state index in [2.05, 4.69) is 10.4 Å². The topological polar surface area (TPSA) is 50.2 Å². The van der Waals surface area contributed by atoms with E-state index in [1.165, 1.54) is 0 Å². The van der Waals surface area contributed by atoms with Crippen LogP contribution in [-0.2, 0) is 0 Å². The SMILES string of the molecule is CNC1CCN(C(=O)c2ccc(-n3cccn3)cc2)CC1. The Morgan fingerprint density at radius 1 is 1.24 bits per heavy atom. The van der Waals surface area contributed by atoms with Crippen molar-refractivity contribution in [1.29, 1.82) is 0 Å². The van der Waals surface area contributed by atoms with E-state index in [1.54, 1.807) is 10.9 Å². The number of hydrogen-bond acceptors (Lipinski definition) is 3. The summed E-state index contributed by atoms with van der Waals surface area (Å²) in [6.45, 7) is 1.65. The van der Waals surface area contributed by atoms with Crippen molar-refractivity contribution in [3.05, 3.63) is 48.3 Å². The summed E-state index contributed by atoms with van der Waals surface area (Å²) in [5.74, 6) is 0.122. The first-order valence-electron chi connectivity index (χ1n) is 7.34. The van der Waals surface area contributed by atoms with E-state index >= 15 is 0 Å². The van der Waals surface area contributed by atoms with Crippen LogP contribution in [0.3, 0.4) is 0 Å². The van der Waals surface area contributed by atoms with Gasteiger partial charge in [-0.05, 0) is 50.2 Å². The van der Waals surface area contributed by atoms with Gasteiger partial charge in [-0.15, -0.1) is 0 Å². The van der Waals surface area contributed by atoms with Crippen LogP contribution in [0.1, 0.15) is 23.2 Å². The average Bonchev–Trinajstić information content (AvgIpc) is 3.09. The minimum absolute atomic E-state index is 0.122. The number of rotatable bonds is 3. The fourth-order valence-electron chi connectivity index (χ4n) is 2.73. The van der Waals surface area contributed by atoms with Crippen LogP contribution in [0.25, 0.3) is 5.69 Å². The van der Waals surface area contributed by atoms with Crippen molar-refractivity contribution in [2.45, 2.75) is 18.9 Å². The molecule has 1 saturated heterocycles. The van der Waals surface area contributed by atoms with E-state index < -0.39 is 0 Å². The lowest BCUT2D eigenvalue weighted by Gasteiger charge is -2.31. The van der Waals surface area contributed by atoms with Gasteiger partial charge >= 0.3 is 0 Å². The normalized spacial score (nSPS) is 16.1. The molecule has 0 saturated carbocycles. The maximum absolute atomic E-state index is 12.5. The second-order valence-electron chi connectivity index (χ2n) is 5.35. The third-order valence-electron chi connectivity index (χ3n) is 4.07. The van der Waals surface area contributed by atoms with Gasteiger partial charge in [-0.1, -0.05) is 0 Å². The maximum Gasteiger partial charge on any atom is 0.253 e. The Morgan fingerprint density at radius 3 is 2.52 bits per heavy atom. The predicted octanol–water partition coefficient (Wildman–Crippen LogP) is 1.70. The summed E-state index contributed by atoms with van der Waals surface area (Å²) in [6, 6.07) is 10.0. The second-order valence-corrected chi connectivity index (χ2v) is 5.35. The summed E-state index contributed by atoms with van der Waals surface area (Å²) in [5.41, 5.74) is 1.71. The largest absolute Gasteiger partial charge is 0.339 e. The third-order valence-corrected chi connectivity index (χ3v) is 4.07. The highest BCUT2D eigenvalue weighted by Gasteiger charge is 2.22. The van der Waals surface area contributed by atoms with Gasteiger partial charge in [0.2, 0.25) is 0 Å². The van der Waals surface area contributed by atoms with Crippen molar-refractivity contribution >= 4 is 5.91 Å². The van der Waals surface area contributed by atoms with Gasteiger partial charge in [-0.3, -0.25) is 4.79 Å². The van der Waals surface area contributed by atoms with Crippen LogP contribution in [-0.4, -0.2) is 46.8 Å². The van der Waals surface area contributed by atoms with Gasteiger partial charge in [0.25, 0.3) is 5.91 Å². The highest BCUT2D eigenvalue weighted by Crippen LogP contribution is 2.15. The van der Waals surface area contributed by atoms with Crippen molar-refractivity contribution < 1.29 is 4.79 Å². The fraction of sp³-hybridized carbons (Fsp3) is 0.375. The Morgan fingerprint density at radius 2 is 1.95 bits per heavy atom. The highest BCUT2D eigenvalue weighted by atomic mass is 16.2. The maximum atomic E-state index is 12.5. The molecule has 1 amide bonds. The number of likely N-dealkylation sites (tertiary alicyclic amines) is 1. The van der Waals surface area contributed by atoms with E-state index in [1.807, 2.05) is 48.5 Å². The Balaban J connectivity index is 1.68. The number of piperidine rings is 1. The summed E-state index contributed by atoms with van der Waals surface area (Å²) in [5, 5.41) is 7.46. The number of carbonyl (C=O) groups excluding carboxylic acids is 1. The smallest absolute Gasteiger partial charge is 0.253 e. The minimum atomic E-state index is 0.122. The molecule has 0 aliphatic carbocycles. The van der Waals surface area contributed by atoms with Gasteiger partial charge in [0.05, 0.1) is 5.69 Å². The summed E-state index contributed by atoms with van der Waals surface area (Å²) in [7, 11) is 1.98. The van der Waals surface area contributed by atoms with E-state index in [0.717, 1.165) is 37.2 Å². The fourth-order valence-corrected chi connectivity index (χ4v) is 2.73.